The lowest BCUT2D eigenvalue weighted by Gasteiger charge is -2.26. The number of ketones is 1. The third-order valence-corrected chi connectivity index (χ3v) is 4.78. The van der Waals surface area contributed by atoms with Gasteiger partial charge < -0.3 is 14.4 Å². The first-order chi connectivity index (χ1) is 10.0. The summed E-state index contributed by atoms with van der Waals surface area (Å²) >= 11 is 1.24. The van der Waals surface area contributed by atoms with Gasteiger partial charge >= 0.3 is 5.97 Å². The molecule has 0 amide bonds. The molecule has 2 heterocycles. The van der Waals surface area contributed by atoms with Crippen LogP contribution in [0.15, 0.2) is 0 Å². The van der Waals surface area contributed by atoms with Crippen LogP contribution in [-0.4, -0.2) is 50.7 Å². The highest BCUT2D eigenvalue weighted by Crippen LogP contribution is 2.28. The lowest BCUT2D eigenvalue weighted by molar-refractivity contribution is 0.0591. The monoisotopic (exact) mass is 312 g/mol. The van der Waals surface area contributed by atoms with Crippen LogP contribution in [0.4, 0.5) is 5.13 Å². The summed E-state index contributed by atoms with van der Waals surface area (Å²) in [4.78, 5) is 30.0. The molecule has 0 saturated carbocycles. The Morgan fingerprint density at radius 2 is 2.10 bits per heavy atom. The third kappa shape index (κ3) is 3.79. The summed E-state index contributed by atoms with van der Waals surface area (Å²) in [6, 6.07) is 0. The van der Waals surface area contributed by atoms with Gasteiger partial charge in [-0.3, -0.25) is 4.79 Å². The molecule has 2 rings (SSSR count). The maximum absolute atomic E-state index is 11.7. The zero-order valence-corrected chi connectivity index (χ0v) is 13.4. The number of carbonyl (C=O) groups excluding carboxylic acids is 2. The fourth-order valence-corrected chi connectivity index (χ4v) is 3.26. The fraction of sp³-hybridized carbons (Fsp3) is 0.643. The summed E-state index contributed by atoms with van der Waals surface area (Å²) in [6.07, 6.45) is 2.05. The molecule has 1 aliphatic rings. The fourth-order valence-electron chi connectivity index (χ4n) is 2.34. The van der Waals surface area contributed by atoms with Crippen molar-refractivity contribution in [2.75, 3.05) is 38.8 Å². The average molecular weight is 312 g/mol. The maximum atomic E-state index is 11.7. The van der Waals surface area contributed by atoms with Crippen LogP contribution < -0.4 is 4.90 Å². The molecular weight excluding hydrogens is 292 g/mol. The smallest absolute Gasteiger partial charge is 0.358 e. The summed E-state index contributed by atoms with van der Waals surface area (Å²) in [5, 5.41) is 0.673. The van der Waals surface area contributed by atoms with Gasteiger partial charge in [0.2, 0.25) is 0 Å². The Labute approximate surface area is 128 Å². The number of anilines is 1. The second-order valence-electron chi connectivity index (χ2n) is 5.16. The van der Waals surface area contributed by atoms with Crippen LogP contribution in [-0.2, 0) is 9.47 Å². The summed E-state index contributed by atoms with van der Waals surface area (Å²) in [5.41, 5.74) is 0.115. The largest absolute Gasteiger partial charge is 0.464 e. The van der Waals surface area contributed by atoms with Gasteiger partial charge in [0.25, 0.3) is 0 Å². The van der Waals surface area contributed by atoms with Crippen LogP contribution in [0.25, 0.3) is 0 Å². The van der Waals surface area contributed by atoms with E-state index in [1.54, 1.807) is 0 Å². The number of aromatic nitrogens is 1. The molecular formula is C14H20N2O4S. The Morgan fingerprint density at radius 1 is 1.43 bits per heavy atom. The van der Waals surface area contributed by atoms with Crippen molar-refractivity contribution in [1.29, 1.82) is 0 Å². The van der Waals surface area contributed by atoms with Gasteiger partial charge in [-0.25, -0.2) is 9.78 Å². The zero-order valence-electron chi connectivity index (χ0n) is 12.5. The van der Waals surface area contributed by atoms with E-state index in [0.29, 0.717) is 15.9 Å². The molecule has 1 aliphatic heterocycles. The standard InChI is InChI=1S/C14H20N2O4S/c1-9(17)12-11(13(18)19-3)15-14(21-12)16(2)8-10-4-6-20-7-5-10/h10H,4-8H2,1-3H3. The number of rotatable bonds is 5. The minimum atomic E-state index is -0.567. The first kappa shape index (κ1) is 15.9. The van der Waals surface area contributed by atoms with Crippen molar-refractivity contribution in [3.8, 4) is 0 Å². The molecule has 0 N–H and O–H groups in total. The van der Waals surface area contributed by atoms with Crippen molar-refractivity contribution in [3.63, 3.8) is 0 Å². The molecule has 0 aliphatic carbocycles. The molecule has 0 atom stereocenters. The van der Waals surface area contributed by atoms with Gasteiger partial charge in [-0.2, -0.15) is 0 Å². The highest BCUT2D eigenvalue weighted by Gasteiger charge is 2.24. The highest BCUT2D eigenvalue weighted by atomic mass is 32.1. The lowest BCUT2D eigenvalue weighted by atomic mass is 10.0. The highest BCUT2D eigenvalue weighted by molar-refractivity contribution is 7.17. The number of thiazole rings is 1. The summed E-state index contributed by atoms with van der Waals surface area (Å²) in [6.45, 7) is 3.86. The Bertz CT molecular complexity index is 523. The number of nitrogens with zero attached hydrogens (tertiary/aromatic N) is 2. The molecule has 0 unspecified atom stereocenters. The quantitative estimate of drug-likeness (QED) is 0.612. The SMILES string of the molecule is COC(=O)c1nc(N(C)CC2CCOCC2)sc1C(C)=O. The van der Waals surface area contributed by atoms with Crippen LogP contribution in [0.5, 0.6) is 0 Å². The second-order valence-corrected chi connectivity index (χ2v) is 6.14. The van der Waals surface area contributed by atoms with Crippen molar-refractivity contribution in [2.24, 2.45) is 5.92 Å². The molecule has 1 aromatic heterocycles. The van der Waals surface area contributed by atoms with Gasteiger partial charge in [0.1, 0.15) is 4.88 Å². The number of hydrogen-bond acceptors (Lipinski definition) is 7. The Hall–Kier alpha value is -1.47. The van der Waals surface area contributed by atoms with E-state index >= 15 is 0 Å². The molecule has 116 valence electrons. The normalized spacial score (nSPS) is 15.8. The van der Waals surface area contributed by atoms with Crippen LogP contribution in [0.3, 0.4) is 0 Å². The van der Waals surface area contributed by atoms with Gasteiger partial charge in [-0.15, -0.1) is 0 Å². The van der Waals surface area contributed by atoms with E-state index in [-0.39, 0.29) is 11.5 Å². The van der Waals surface area contributed by atoms with Crippen molar-refractivity contribution >= 4 is 28.2 Å². The first-order valence-electron chi connectivity index (χ1n) is 6.92. The Kier molecular flexibility index (Phi) is 5.30. The number of esters is 1. The lowest BCUT2D eigenvalue weighted by Crippen LogP contribution is -2.29. The van der Waals surface area contributed by atoms with Gasteiger partial charge in [0.15, 0.2) is 16.6 Å². The van der Waals surface area contributed by atoms with Crippen molar-refractivity contribution in [1.82, 2.24) is 4.98 Å². The van der Waals surface area contributed by atoms with Crippen molar-refractivity contribution in [3.05, 3.63) is 10.6 Å². The summed E-state index contributed by atoms with van der Waals surface area (Å²) in [7, 11) is 3.22. The van der Waals surface area contributed by atoms with Gasteiger partial charge in [-0.1, -0.05) is 11.3 Å². The van der Waals surface area contributed by atoms with Crippen LogP contribution in [0.2, 0.25) is 0 Å². The molecule has 1 saturated heterocycles. The van der Waals surface area contributed by atoms with E-state index in [9.17, 15) is 9.59 Å². The third-order valence-electron chi connectivity index (χ3n) is 3.51. The van der Waals surface area contributed by atoms with Crippen LogP contribution in [0, 0.1) is 5.92 Å². The van der Waals surface area contributed by atoms with E-state index in [1.165, 1.54) is 25.4 Å². The molecule has 1 aromatic rings. The average Bonchev–Trinajstić information content (AvgIpc) is 2.93. The molecule has 0 radical (unpaired) electrons. The number of hydrogen-bond donors (Lipinski definition) is 0. The summed E-state index contributed by atoms with van der Waals surface area (Å²) < 4.78 is 10.0. The minimum Gasteiger partial charge on any atom is -0.464 e. The van der Waals surface area contributed by atoms with E-state index < -0.39 is 5.97 Å². The molecule has 7 heteroatoms. The number of Topliss-reactive ketones (excluding diaryl/α,β-unsaturated/α-hetero) is 1. The molecule has 6 nitrogen and oxygen atoms in total. The number of ether oxygens (including phenoxy) is 2. The van der Waals surface area contributed by atoms with E-state index in [1.807, 2.05) is 11.9 Å². The molecule has 0 spiro atoms. The van der Waals surface area contributed by atoms with Gasteiger partial charge in [-0.05, 0) is 18.8 Å². The van der Waals surface area contributed by atoms with Crippen molar-refractivity contribution in [2.45, 2.75) is 19.8 Å². The van der Waals surface area contributed by atoms with Crippen molar-refractivity contribution < 1.29 is 19.1 Å². The zero-order chi connectivity index (χ0) is 15.4. The number of methoxy groups -OCH3 is 1. The van der Waals surface area contributed by atoms with Gasteiger partial charge in [0.05, 0.1) is 7.11 Å². The first-order valence-corrected chi connectivity index (χ1v) is 7.73. The Morgan fingerprint density at radius 3 is 2.67 bits per heavy atom. The maximum Gasteiger partial charge on any atom is 0.358 e. The molecule has 21 heavy (non-hydrogen) atoms. The topological polar surface area (TPSA) is 68.7 Å². The predicted molar refractivity (Wildman–Crippen MR) is 80.3 cm³/mol. The second kappa shape index (κ2) is 7.00. The van der Waals surface area contributed by atoms with E-state index in [0.717, 1.165) is 32.6 Å². The molecule has 1 fully saturated rings. The van der Waals surface area contributed by atoms with E-state index in [4.69, 9.17) is 4.74 Å². The molecule has 0 bridgehead atoms. The van der Waals surface area contributed by atoms with E-state index in [2.05, 4.69) is 9.72 Å². The predicted octanol–water partition coefficient (Wildman–Crippen LogP) is 2.00. The van der Waals surface area contributed by atoms with Gasteiger partial charge in [0, 0.05) is 33.7 Å². The minimum absolute atomic E-state index is 0.115. The Balaban J connectivity index is 2.14. The van der Waals surface area contributed by atoms with Crippen LogP contribution >= 0.6 is 11.3 Å². The number of carbonyl (C=O) groups is 2. The summed E-state index contributed by atoms with van der Waals surface area (Å²) in [5.74, 6) is -0.184. The van der Waals surface area contributed by atoms with Crippen LogP contribution in [0.1, 0.15) is 39.9 Å². The molecule has 0 aromatic carbocycles.